The number of amides is 1. The molecule has 0 radical (unpaired) electrons. The maximum Gasteiger partial charge on any atom is 0.259 e. The molecule has 3 aliphatic rings. The van der Waals surface area contributed by atoms with Gasteiger partial charge in [0.2, 0.25) is 5.88 Å². The molecule has 2 fully saturated rings. The topological polar surface area (TPSA) is 134 Å². The minimum atomic E-state index is -3.94. The van der Waals surface area contributed by atoms with Crippen molar-refractivity contribution in [2.45, 2.75) is 56.7 Å². The lowest BCUT2D eigenvalue weighted by Gasteiger charge is -2.31. The Morgan fingerprint density at radius 3 is 2.67 bits per heavy atom. The highest BCUT2D eigenvalue weighted by Gasteiger charge is 2.32. The SMILES string of the molecule is O=C(NC1CCC(NS(=O)(=O)C2=c3cnsc3=CCN2O)CC1)c1cccnc1OC1CCSCC1. The maximum absolute atomic E-state index is 13.1. The zero-order valence-electron chi connectivity index (χ0n) is 19.6. The molecule has 0 unspecified atom stereocenters. The van der Waals surface area contributed by atoms with Crippen LogP contribution in [0.2, 0.25) is 0 Å². The largest absolute Gasteiger partial charge is 0.474 e. The van der Waals surface area contributed by atoms with E-state index >= 15 is 0 Å². The molecule has 194 valence electrons. The van der Waals surface area contributed by atoms with Crippen LogP contribution in [0, 0.1) is 0 Å². The van der Waals surface area contributed by atoms with Crippen molar-refractivity contribution in [3.05, 3.63) is 39.8 Å². The highest BCUT2D eigenvalue weighted by atomic mass is 32.2. The van der Waals surface area contributed by atoms with Gasteiger partial charge in [0.05, 0.1) is 22.5 Å². The number of pyridine rings is 1. The summed E-state index contributed by atoms with van der Waals surface area (Å²) in [6.45, 7) is 0.0873. The van der Waals surface area contributed by atoms with Gasteiger partial charge in [0.25, 0.3) is 15.9 Å². The molecule has 10 nitrogen and oxygen atoms in total. The highest BCUT2D eigenvalue weighted by molar-refractivity contribution is 7.99. The van der Waals surface area contributed by atoms with Crippen molar-refractivity contribution in [2.75, 3.05) is 18.1 Å². The predicted octanol–water partition coefficient (Wildman–Crippen LogP) is 1.02. The Bertz CT molecular complexity index is 1320. The van der Waals surface area contributed by atoms with Gasteiger partial charge in [-0.05, 0) is 79.8 Å². The first-order chi connectivity index (χ1) is 17.4. The van der Waals surface area contributed by atoms with E-state index in [9.17, 15) is 18.4 Å². The summed E-state index contributed by atoms with van der Waals surface area (Å²) in [5.74, 6) is 2.23. The van der Waals surface area contributed by atoms with Crippen molar-refractivity contribution in [2.24, 2.45) is 0 Å². The molecule has 1 aliphatic carbocycles. The number of sulfonamides is 1. The number of ether oxygens (including phenoxy) is 1. The summed E-state index contributed by atoms with van der Waals surface area (Å²) in [6.07, 6.45) is 9.20. The number of carbonyl (C=O) groups excluding carboxylic acids is 1. The fraction of sp³-hybridized carbons (Fsp3) is 0.522. The normalized spacial score (nSPS) is 23.0. The third kappa shape index (κ3) is 5.70. The van der Waals surface area contributed by atoms with E-state index in [1.54, 1.807) is 24.4 Å². The Morgan fingerprint density at radius 2 is 1.89 bits per heavy atom. The van der Waals surface area contributed by atoms with Gasteiger partial charge in [-0.2, -0.15) is 16.1 Å². The number of nitrogens with one attached hydrogen (secondary N) is 2. The van der Waals surface area contributed by atoms with Crippen LogP contribution in [-0.2, 0) is 10.0 Å². The fourth-order valence-corrected chi connectivity index (χ4v) is 8.12. The Balaban J connectivity index is 1.18. The minimum absolute atomic E-state index is 0.0728. The molecule has 1 amide bonds. The van der Waals surface area contributed by atoms with Gasteiger partial charge in [-0.1, -0.05) is 0 Å². The summed E-state index contributed by atoms with van der Waals surface area (Å²) < 4.78 is 39.8. The summed E-state index contributed by atoms with van der Waals surface area (Å²) in [7, 11) is -3.94. The molecule has 36 heavy (non-hydrogen) atoms. The number of rotatable bonds is 7. The van der Waals surface area contributed by atoms with Gasteiger partial charge >= 0.3 is 0 Å². The number of hydrogen-bond donors (Lipinski definition) is 3. The molecule has 1 saturated carbocycles. The van der Waals surface area contributed by atoms with Crippen molar-refractivity contribution >= 4 is 50.3 Å². The summed E-state index contributed by atoms with van der Waals surface area (Å²) in [5, 5.41) is 14.3. The lowest BCUT2D eigenvalue weighted by Crippen LogP contribution is -2.47. The zero-order chi connectivity index (χ0) is 25.1. The van der Waals surface area contributed by atoms with Crippen LogP contribution in [0.4, 0.5) is 0 Å². The fourth-order valence-electron chi connectivity index (χ4n) is 4.73. The van der Waals surface area contributed by atoms with Crippen molar-refractivity contribution < 1.29 is 23.2 Å². The highest BCUT2D eigenvalue weighted by Crippen LogP contribution is 2.25. The van der Waals surface area contributed by atoms with Crippen molar-refractivity contribution in [3.8, 4) is 5.88 Å². The average Bonchev–Trinajstić information content (AvgIpc) is 3.34. The van der Waals surface area contributed by atoms with Gasteiger partial charge in [-0.15, -0.1) is 0 Å². The van der Waals surface area contributed by atoms with E-state index in [1.165, 1.54) is 17.7 Å². The predicted molar refractivity (Wildman–Crippen MR) is 139 cm³/mol. The molecule has 5 rings (SSSR count). The molecule has 2 aromatic rings. The molecule has 0 atom stereocenters. The van der Waals surface area contributed by atoms with E-state index in [-0.39, 0.29) is 35.7 Å². The first-order valence-electron chi connectivity index (χ1n) is 12.0. The van der Waals surface area contributed by atoms with Crippen LogP contribution in [0.3, 0.4) is 0 Å². The molecular weight excluding hydrogens is 522 g/mol. The molecule has 0 spiro atoms. The van der Waals surface area contributed by atoms with Crippen molar-refractivity contribution in [1.82, 2.24) is 24.5 Å². The third-order valence-corrected chi connectivity index (χ3v) is 10.0. The number of thioether (sulfide) groups is 1. The number of fused-ring (bicyclic) bond motifs is 1. The van der Waals surface area contributed by atoms with Crippen molar-refractivity contribution in [1.29, 1.82) is 0 Å². The standard InChI is InChI=1S/C23H29N5O5S3/c29-21(18-2-1-10-24-22(18)33-17-8-12-34-13-9-17)26-15-3-5-16(6-4-15)27-36(31,32)23-19-14-25-35-20(19)7-11-28(23)30/h1-2,7,10,14-17,27,30H,3-6,8-9,11-13H2,(H,26,29). The molecule has 0 aromatic carbocycles. The maximum atomic E-state index is 13.1. The summed E-state index contributed by atoms with van der Waals surface area (Å²) in [4.78, 5) is 17.3. The van der Waals surface area contributed by atoms with Crippen molar-refractivity contribution in [3.63, 3.8) is 0 Å². The molecule has 0 bridgehead atoms. The lowest BCUT2D eigenvalue weighted by atomic mass is 9.91. The van der Waals surface area contributed by atoms with Gasteiger partial charge in [0.15, 0.2) is 5.03 Å². The molecule has 4 heterocycles. The van der Waals surface area contributed by atoms with Gasteiger partial charge in [0.1, 0.15) is 11.7 Å². The molecule has 3 N–H and O–H groups in total. The van der Waals surface area contributed by atoms with Gasteiger partial charge in [0, 0.05) is 18.3 Å². The Morgan fingerprint density at radius 1 is 1.14 bits per heavy atom. The minimum Gasteiger partial charge on any atom is -0.474 e. The second-order valence-corrected chi connectivity index (χ2v) is 12.8. The van der Waals surface area contributed by atoms with Crippen LogP contribution in [0.5, 0.6) is 5.88 Å². The van der Waals surface area contributed by atoms with E-state index in [0.717, 1.165) is 33.9 Å². The first kappa shape index (κ1) is 25.5. The first-order valence-corrected chi connectivity index (χ1v) is 15.5. The smallest absolute Gasteiger partial charge is 0.259 e. The Kier molecular flexibility index (Phi) is 7.82. The number of hydrogen-bond acceptors (Lipinski definition) is 10. The second kappa shape index (κ2) is 11.1. The number of nitrogens with zero attached hydrogens (tertiary/aromatic N) is 3. The van der Waals surface area contributed by atoms with Crippen LogP contribution < -0.4 is 24.5 Å². The van der Waals surface area contributed by atoms with Gasteiger partial charge in [-0.3, -0.25) is 10.0 Å². The van der Waals surface area contributed by atoms with E-state index in [1.807, 2.05) is 11.8 Å². The van der Waals surface area contributed by atoms with Gasteiger partial charge < -0.3 is 10.1 Å². The summed E-state index contributed by atoms with van der Waals surface area (Å²) >= 11 is 3.11. The summed E-state index contributed by atoms with van der Waals surface area (Å²) in [5.41, 5.74) is 0.423. The zero-order valence-corrected chi connectivity index (χ0v) is 22.1. The Labute approximate surface area is 218 Å². The molecule has 2 aromatic heterocycles. The number of aromatic nitrogens is 2. The van der Waals surface area contributed by atoms with E-state index in [2.05, 4.69) is 19.4 Å². The average molecular weight is 552 g/mol. The van der Waals surface area contributed by atoms with Crippen LogP contribution >= 0.6 is 23.3 Å². The lowest BCUT2D eigenvalue weighted by molar-refractivity contribution is -0.0103. The molecule has 1 saturated heterocycles. The van der Waals surface area contributed by atoms with Gasteiger partial charge in [-0.25, -0.2) is 23.2 Å². The molecular formula is C23H29N5O5S3. The number of carbonyl (C=O) groups is 1. The monoisotopic (exact) mass is 551 g/mol. The van der Waals surface area contributed by atoms with Crippen LogP contribution in [0.1, 0.15) is 48.9 Å². The summed E-state index contributed by atoms with van der Waals surface area (Å²) in [6, 6.07) is 3.09. The Hall–Kier alpha value is -2.19. The third-order valence-electron chi connectivity index (χ3n) is 6.61. The molecule has 2 aliphatic heterocycles. The van der Waals surface area contributed by atoms with E-state index < -0.39 is 10.0 Å². The van der Waals surface area contributed by atoms with Crippen LogP contribution in [-0.4, -0.2) is 70.2 Å². The second-order valence-electron chi connectivity index (χ2n) is 9.12. The van der Waals surface area contributed by atoms with Crippen LogP contribution in [0.25, 0.3) is 11.1 Å². The van der Waals surface area contributed by atoms with Crippen LogP contribution in [0.15, 0.2) is 24.5 Å². The van der Waals surface area contributed by atoms with E-state index in [4.69, 9.17) is 4.74 Å². The molecule has 13 heteroatoms. The number of hydroxylamine groups is 2. The van der Waals surface area contributed by atoms with E-state index in [0.29, 0.717) is 42.3 Å². The quantitative estimate of drug-likeness (QED) is 0.461.